The van der Waals surface area contributed by atoms with Gasteiger partial charge >= 0.3 is 0 Å². The Morgan fingerprint density at radius 2 is 1.62 bits per heavy atom. The molecule has 168 valence electrons. The maximum Gasteiger partial charge on any atom is 0.274 e. The third kappa shape index (κ3) is 5.86. The molecule has 0 spiro atoms. The summed E-state index contributed by atoms with van der Waals surface area (Å²) in [6, 6.07) is 26.0. The molecule has 0 aliphatic rings. The van der Waals surface area contributed by atoms with Crippen molar-refractivity contribution in [2.45, 2.75) is 24.8 Å². The Hall–Kier alpha value is -2.45. The van der Waals surface area contributed by atoms with Crippen molar-refractivity contribution in [2.75, 3.05) is 12.4 Å². The topological polar surface area (TPSA) is 58.6 Å². The second-order valence-electron chi connectivity index (χ2n) is 7.94. The minimum absolute atomic E-state index is 0.0714. The molecule has 0 aromatic heterocycles. The molecule has 0 unspecified atom stereocenters. The molecule has 0 fully saturated rings. The van der Waals surface area contributed by atoms with E-state index in [2.05, 4.69) is 62.4 Å². The molecule has 3 aromatic rings. The number of thioether (sulfide) groups is 1. The zero-order valence-corrected chi connectivity index (χ0v) is 20.1. The summed E-state index contributed by atoms with van der Waals surface area (Å²) >= 11 is 1.35. The monoisotopic (exact) mass is 469 g/mol. The lowest BCUT2D eigenvalue weighted by Crippen LogP contribution is -2.61. The van der Waals surface area contributed by atoms with Crippen LogP contribution in [0.5, 0.6) is 0 Å². The SMILES string of the molecule is CC(C)C[Si](OCCSc1ccc(C(=O)NO)cc1F)(c1ccccc1)c1ccccc1. The van der Waals surface area contributed by atoms with Gasteiger partial charge in [-0.15, -0.1) is 11.8 Å². The van der Waals surface area contributed by atoms with Gasteiger partial charge in [-0.3, -0.25) is 10.0 Å². The molecule has 32 heavy (non-hydrogen) atoms. The highest BCUT2D eigenvalue weighted by Crippen LogP contribution is 2.24. The standard InChI is InChI=1S/C25H28FNO3SSi/c1-19(2)18-32(21-9-5-3-6-10-21,22-11-7-4-8-12-22)30-15-16-31-24-14-13-20(17-23(24)26)25(28)27-29/h3-14,17,19,29H,15-16,18H2,1-2H3,(H,27,28). The van der Waals surface area contributed by atoms with Crippen LogP contribution in [0.4, 0.5) is 4.39 Å². The maximum absolute atomic E-state index is 14.4. The van der Waals surface area contributed by atoms with Crippen LogP contribution in [0.2, 0.25) is 6.04 Å². The van der Waals surface area contributed by atoms with Crippen molar-refractivity contribution in [1.82, 2.24) is 5.48 Å². The Balaban J connectivity index is 1.78. The molecule has 0 bridgehead atoms. The van der Waals surface area contributed by atoms with E-state index in [4.69, 9.17) is 9.63 Å². The third-order valence-corrected chi connectivity index (χ3v) is 10.8. The van der Waals surface area contributed by atoms with E-state index in [1.165, 1.54) is 33.7 Å². The van der Waals surface area contributed by atoms with Crippen molar-refractivity contribution in [3.05, 3.63) is 90.2 Å². The van der Waals surface area contributed by atoms with E-state index < -0.39 is 20.0 Å². The van der Waals surface area contributed by atoms with E-state index in [9.17, 15) is 9.18 Å². The summed E-state index contributed by atoms with van der Waals surface area (Å²) < 4.78 is 21.1. The van der Waals surface area contributed by atoms with Gasteiger partial charge in [0.1, 0.15) is 5.82 Å². The van der Waals surface area contributed by atoms with Crippen molar-refractivity contribution >= 4 is 36.4 Å². The van der Waals surface area contributed by atoms with Gasteiger partial charge in [-0.05, 0) is 40.5 Å². The molecule has 0 heterocycles. The van der Waals surface area contributed by atoms with E-state index >= 15 is 0 Å². The molecule has 0 aliphatic carbocycles. The molecular formula is C25H28FNO3SSi. The fraction of sp³-hybridized carbons (Fsp3) is 0.240. The Kier molecular flexibility index (Phi) is 8.64. The first-order chi connectivity index (χ1) is 15.5. The molecule has 4 nitrogen and oxygen atoms in total. The van der Waals surface area contributed by atoms with Gasteiger partial charge in [0, 0.05) is 22.8 Å². The quantitative estimate of drug-likeness (QED) is 0.151. The summed E-state index contributed by atoms with van der Waals surface area (Å²) in [5.41, 5.74) is 1.59. The summed E-state index contributed by atoms with van der Waals surface area (Å²) in [6.07, 6.45) is 0. The summed E-state index contributed by atoms with van der Waals surface area (Å²) in [5, 5.41) is 11.2. The first kappa shape index (κ1) is 24.2. The van der Waals surface area contributed by atoms with Gasteiger partial charge in [0.05, 0.1) is 0 Å². The van der Waals surface area contributed by atoms with E-state index in [1.54, 1.807) is 6.07 Å². The van der Waals surface area contributed by atoms with Gasteiger partial charge < -0.3 is 4.43 Å². The molecule has 1 amide bonds. The number of benzene rings is 3. The van der Waals surface area contributed by atoms with Crippen molar-refractivity contribution in [3.63, 3.8) is 0 Å². The molecule has 0 aliphatic heterocycles. The van der Waals surface area contributed by atoms with Crippen LogP contribution in [0.1, 0.15) is 24.2 Å². The number of amides is 1. The summed E-state index contributed by atoms with van der Waals surface area (Å²) in [4.78, 5) is 11.9. The van der Waals surface area contributed by atoms with Crippen LogP contribution in [-0.2, 0) is 4.43 Å². The van der Waals surface area contributed by atoms with Crippen molar-refractivity contribution < 1.29 is 18.8 Å². The number of carbonyl (C=O) groups is 1. The predicted octanol–water partition coefficient (Wildman–Crippen LogP) is 4.47. The second kappa shape index (κ2) is 11.4. The van der Waals surface area contributed by atoms with Crippen LogP contribution < -0.4 is 15.9 Å². The zero-order valence-electron chi connectivity index (χ0n) is 18.3. The third-order valence-electron chi connectivity index (χ3n) is 5.16. The fourth-order valence-corrected chi connectivity index (χ4v) is 9.02. The van der Waals surface area contributed by atoms with E-state index in [1.807, 2.05) is 12.1 Å². The first-order valence-electron chi connectivity index (χ1n) is 10.6. The largest absolute Gasteiger partial charge is 0.407 e. The van der Waals surface area contributed by atoms with Crippen molar-refractivity contribution in [1.29, 1.82) is 0 Å². The average molecular weight is 470 g/mol. The lowest BCUT2D eigenvalue weighted by atomic mass is 10.2. The van der Waals surface area contributed by atoms with Crippen LogP contribution in [0.3, 0.4) is 0 Å². The normalized spacial score (nSPS) is 11.5. The highest BCUT2D eigenvalue weighted by atomic mass is 32.2. The predicted molar refractivity (Wildman–Crippen MR) is 130 cm³/mol. The Labute approximate surface area is 193 Å². The highest BCUT2D eigenvalue weighted by molar-refractivity contribution is 7.99. The van der Waals surface area contributed by atoms with E-state index in [0.717, 1.165) is 12.1 Å². The number of hydrogen-bond acceptors (Lipinski definition) is 4. The first-order valence-corrected chi connectivity index (χ1v) is 13.7. The molecule has 0 radical (unpaired) electrons. The van der Waals surface area contributed by atoms with E-state index in [0.29, 0.717) is 23.2 Å². The van der Waals surface area contributed by atoms with Crippen LogP contribution >= 0.6 is 11.8 Å². The molecular weight excluding hydrogens is 441 g/mol. The van der Waals surface area contributed by atoms with Crippen molar-refractivity contribution in [3.8, 4) is 0 Å². The molecule has 0 saturated heterocycles. The van der Waals surface area contributed by atoms with Gasteiger partial charge in [0.2, 0.25) is 0 Å². The summed E-state index contributed by atoms with van der Waals surface area (Å²) in [6.45, 7) is 4.90. The molecule has 7 heteroatoms. The van der Waals surface area contributed by atoms with Crippen LogP contribution in [0.25, 0.3) is 0 Å². The van der Waals surface area contributed by atoms with Crippen LogP contribution in [-0.4, -0.2) is 31.8 Å². The van der Waals surface area contributed by atoms with Crippen LogP contribution in [0, 0.1) is 11.7 Å². The van der Waals surface area contributed by atoms with Gasteiger partial charge in [0.15, 0.2) is 0 Å². The second-order valence-corrected chi connectivity index (χ2v) is 12.6. The van der Waals surface area contributed by atoms with E-state index in [-0.39, 0.29) is 5.56 Å². The lowest BCUT2D eigenvalue weighted by Gasteiger charge is -2.34. The summed E-state index contributed by atoms with van der Waals surface area (Å²) in [7, 11) is -2.48. The number of rotatable bonds is 10. The zero-order chi connectivity index (χ0) is 23.0. The molecule has 3 aromatic carbocycles. The maximum atomic E-state index is 14.4. The number of carbonyl (C=O) groups excluding carboxylic acids is 1. The van der Waals surface area contributed by atoms with Gasteiger partial charge in [-0.25, -0.2) is 9.87 Å². The minimum Gasteiger partial charge on any atom is -0.407 e. The number of hydroxylamine groups is 1. The number of halogens is 1. The molecule has 0 atom stereocenters. The molecule has 0 saturated carbocycles. The fourth-order valence-electron chi connectivity index (χ4n) is 3.81. The summed E-state index contributed by atoms with van der Waals surface area (Å²) in [5.74, 6) is -0.195. The molecule has 2 N–H and O–H groups in total. The Bertz CT molecular complexity index is 979. The van der Waals surface area contributed by atoms with Gasteiger partial charge in [-0.2, -0.15) is 0 Å². The average Bonchev–Trinajstić information content (AvgIpc) is 2.82. The smallest absolute Gasteiger partial charge is 0.274 e. The highest BCUT2D eigenvalue weighted by Gasteiger charge is 2.40. The number of hydrogen-bond donors (Lipinski definition) is 2. The Morgan fingerprint density at radius 3 is 2.12 bits per heavy atom. The van der Waals surface area contributed by atoms with Gasteiger partial charge in [0.25, 0.3) is 14.2 Å². The minimum atomic E-state index is -2.48. The Morgan fingerprint density at radius 1 is 1.03 bits per heavy atom. The van der Waals surface area contributed by atoms with Crippen molar-refractivity contribution in [2.24, 2.45) is 5.92 Å². The van der Waals surface area contributed by atoms with Gasteiger partial charge in [-0.1, -0.05) is 74.5 Å². The molecule has 3 rings (SSSR count). The number of nitrogens with one attached hydrogen (secondary N) is 1. The lowest BCUT2D eigenvalue weighted by molar-refractivity contribution is 0.0706. The van der Waals surface area contributed by atoms with Crippen LogP contribution in [0.15, 0.2) is 83.8 Å².